The topological polar surface area (TPSA) is 130 Å². The lowest BCUT2D eigenvalue weighted by atomic mass is 10.1. The van der Waals surface area contributed by atoms with Gasteiger partial charge in [-0.2, -0.15) is 4.98 Å². The van der Waals surface area contributed by atoms with Gasteiger partial charge in [0, 0.05) is 11.5 Å². The van der Waals surface area contributed by atoms with Crippen molar-refractivity contribution in [3.63, 3.8) is 0 Å². The van der Waals surface area contributed by atoms with Crippen LogP contribution in [0.25, 0.3) is 11.1 Å². The fourth-order valence-electron chi connectivity index (χ4n) is 3.29. The molecule has 0 bridgehead atoms. The molecule has 3 heterocycles. The number of ether oxygens (including phenoxy) is 2. The zero-order valence-electron chi connectivity index (χ0n) is 18.1. The molecule has 0 spiro atoms. The molecular formula is C22H22N4O5S2. The maximum Gasteiger partial charge on any atom is 0.342 e. The molecule has 0 atom stereocenters. The average Bonchev–Trinajstić information content (AvgIpc) is 3.43. The van der Waals surface area contributed by atoms with Crippen LogP contribution in [0.3, 0.4) is 0 Å². The first-order valence-electron chi connectivity index (χ1n) is 10.3. The molecule has 0 amide bonds. The number of aryl methyl sites for hydroxylation is 1. The number of thioether (sulfide) groups is 2. The number of carbonyl (C=O) groups is 2. The van der Waals surface area contributed by atoms with Crippen molar-refractivity contribution in [2.75, 3.05) is 24.6 Å². The molecule has 1 aliphatic rings. The van der Waals surface area contributed by atoms with Gasteiger partial charge < -0.3 is 19.6 Å². The monoisotopic (exact) mass is 486 g/mol. The second-order valence-electron chi connectivity index (χ2n) is 6.98. The van der Waals surface area contributed by atoms with E-state index in [1.54, 1.807) is 49.5 Å². The van der Waals surface area contributed by atoms with E-state index in [0.29, 0.717) is 17.1 Å². The standard InChI is InChI=1S/C22H22N4O5S2/c1-3-29-21(28)16-12(2)31-19-17(16)18(23)25-15(26-19)10-30-20(27)14-7-5-4-6-13(14)11-33-22-24-8-9-32-22/h4-7H,3,8-11H2,1-2H3,(H2,23,25,26). The Morgan fingerprint density at radius 2 is 2.03 bits per heavy atom. The van der Waals surface area contributed by atoms with E-state index in [1.165, 1.54) is 0 Å². The number of furan rings is 1. The van der Waals surface area contributed by atoms with Crippen molar-refractivity contribution in [3.05, 3.63) is 52.5 Å². The van der Waals surface area contributed by atoms with Crippen molar-refractivity contribution in [2.45, 2.75) is 26.2 Å². The zero-order valence-corrected chi connectivity index (χ0v) is 19.8. The van der Waals surface area contributed by atoms with E-state index in [4.69, 9.17) is 19.6 Å². The number of aliphatic imine (C=N–C) groups is 1. The summed E-state index contributed by atoms with van der Waals surface area (Å²) in [6, 6.07) is 7.29. The molecule has 11 heteroatoms. The quantitative estimate of drug-likeness (QED) is 0.489. The number of carbonyl (C=O) groups excluding carboxylic acids is 2. The summed E-state index contributed by atoms with van der Waals surface area (Å²) in [7, 11) is 0. The Bertz CT molecular complexity index is 1240. The number of nitrogens with zero attached hydrogens (tertiary/aromatic N) is 3. The Hall–Kier alpha value is -3.05. The molecule has 3 aromatic rings. The van der Waals surface area contributed by atoms with Crippen LogP contribution in [0.4, 0.5) is 5.82 Å². The SMILES string of the molecule is CCOC(=O)c1c(C)oc2nc(COC(=O)c3ccccc3CSC3=NCCS3)nc(N)c12. The first-order valence-corrected chi connectivity index (χ1v) is 12.2. The summed E-state index contributed by atoms with van der Waals surface area (Å²) >= 11 is 3.33. The van der Waals surface area contributed by atoms with Crippen LogP contribution < -0.4 is 5.73 Å². The molecule has 2 N–H and O–H groups in total. The maximum atomic E-state index is 12.8. The minimum atomic E-state index is -0.556. The van der Waals surface area contributed by atoms with E-state index >= 15 is 0 Å². The number of nitrogens with two attached hydrogens (primary N) is 1. The summed E-state index contributed by atoms with van der Waals surface area (Å²) in [5.41, 5.74) is 7.74. The number of hydrogen-bond acceptors (Lipinski definition) is 11. The van der Waals surface area contributed by atoms with Crippen LogP contribution in [0.15, 0.2) is 33.7 Å². The fourth-order valence-corrected chi connectivity index (χ4v) is 5.31. The molecule has 33 heavy (non-hydrogen) atoms. The number of esters is 2. The van der Waals surface area contributed by atoms with Gasteiger partial charge in [-0.25, -0.2) is 14.6 Å². The molecule has 0 aliphatic carbocycles. The lowest BCUT2D eigenvalue weighted by Crippen LogP contribution is -2.11. The Morgan fingerprint density at radius 3 is 2.79 bits per heavy atom. The molecule has 0 radical (unpaired) electrons. The Morgan fingerprint density at radius 1 is 1.21 bits per heavy atom. The molecule has 0 saturated carbocycles. The molecule has 4 rings (SSSR count). The third-order valence-electron chi connectivity index (χ3n) is 4.76. The number of rotatable bonds is 7. The van der Waals surface area contributed by atoms with Crippen LogP contribution in [0.2, 0.25) is 0 Å². The highest BCUT2D eigenvalue weighted by Crippen LogP contribution is 2.29. The first-order chi connectivity index (χ1) is 16.0. The minimum absolute atomic E-state index is 0.0533. The summed E-state index contributed by atoms with van der Waals surface area (Å²) in [6.07, 6.45) is 0. The van der Waals surface area contributed by atoms with Crippen LogP contribution in [0.1, 0.15) is 44.8 Å². The van der Waals surface area contributed by atoms with E-state index < -0.39 is 11.9 Å². The van der Waals surface area contributed by atoms with Gasteiger partial charge in [-0.15, -0.1) is 0 Å². The van der Waals surface area contributed by atoms with E-state index in [2.05, 4.69) is 15.0 Å². The Balaban J connectivity index is 1.49. The van der Waals surface area contributed by atoms with Gasteiger partial charge in [-0.1, -0.05) is 41.7 Å². The first kappa shape index (κ1) is 23.1. The van der Waals surface area contributed by atoms with E-state index in [-0.39, 0.29) is 41.5 Å². The van der Waals surface area contributed by atoms with Crippen molar-refractivity contribution < 1.29 is 23.5 Å². The number of anilines is 1. The predicted octanol–water partition coefficient (Wildman–Crippen LogP) is 3.98. The summed E-state index contributed by atoms with van der Waals surface area (Å²) in [6.45, 7) is 4.18. The highest BCUT2D eigenvalue weighted by Gasteiger charge is 2.24. The molecule has 1 aliphatic heterocycles. The van der Waals surface area contributed by atoms with Gasteiger partial charge in [-0.3, -0.25) is 4.99 Å². The Kier molecular flexibility index (Phi) is 7.19. The largest absolute Gasteiger partial charge is 0.462 e. The van der Waals surface area contributed by atoms with Crippen LogP contribution >= 0.6 is 23.5 Å². The van der Waals surface area contributed by atoms with Gasteiger partial charge in [0.2, 0.25) is 5.71 Å². The van der Waals surface area contributed by atoms with E-state index in [1.807, 2.05) is 12.1 Å². The van der Waals surface area contributed by atoms with Gasteiger partial charge in [0.15, 0.2) is 12.4 Å². The second-order valence-corrected chi connectivity index (χ2v) is 9.28. The third kappa shape index (κ3) is 5.14. The lowest BCUT2D eigenvalue weighted by molar-refractivity contribution is 0.0460. The van der Waals surface area contributed by atoms with Crippen molar-refractivity contribution >= 4 is 56.8 Å². The van der Waals surface area contributed by atoms with E-state index in [9.17, 15) is 9.59 Å². The number of nitrogen functional groups attached to an aromatic ring is 1. The second kappa shape index (κ2) is 10.3. The minimum Gasteiger partial charge on any atom is -0.462 e. The maximum absolute atomic E-state index is 12.8. The highest BCUT2D eigenvalue weighted by atomic mass is 32.2. The lowest BCUT2D eigenvalue weighted by Gasteiger charge is -2.09. The van der Waals surface area contributed by atoms with Crippen molar-refractivity contribution in [1.29, 1.82) is 0 Å². The normalized spacial score (nSPS) is 13.2. The van der Waals surface area contributed by atoms with Crippen LogP contribution in [0, 0.1) is 6.92 Å². The molecule has 1 aromatic carbocycles. The van der Waals surface area contributed by atoms with Crippen LogP contribution in [-0.4, -0.2) is 45.2 Å². The molecule has 0 fully saturated rings. The van der Waals surface area contributed by atoms with Crippen molar-refractivity contribution in [3.8, 4) is 0 Å². The smallest absolute Gasteiger partial charge is 0.342 e. The molecule has 2 aromatic heterocycles. The predicted molar refractivity (Wildman–Crippen MR) is 129 cm³/mol. The fraction of sp³-hybridized carbons (Fsp3) is 0.318. The van der Waals surface area contributed by atoms with Crippen molar-refractivity contribution in [1.82, 2.24) is 9.97 Å². The molecule has 0 unspecified atom stereocenters. The molecular weight excluding hydrogens is 464 g/mol. The van der Waals surface area contributed by atoms with Gasteiger partial charge in [0.1, 0.15) is 21.5 Å². The summed E-state index contributed by atoms with van der Waals surface area (Å²) in [5, 5.41) is 0.288. The van der Waals surface area contributed by atoms with E-state index in [0.717, 1.165) is 22.2 Å². The average molecular weight is 487 g/mol. The zero-order chi connectivity index (χ0) is 23.4. The number of benzene rings is 1. The number of hydrogen-bond donors (Lipinski definition) is 1. The molecule has 0 saturated heterocycles. The summed E-state index contributed by atoms with van der Waals surface area (Å²) in [4.78, 5) is 37.9. The van der Waals surface area contributed by atoms with Crippen LogP contribution in [-0.2, 0) is 21.8 Å². The molecule has 172 valence electrons. The van der Waals surface area contributed by atoms with Crippen molar-refractivity contribution in [2.24, 2.45) is 4.99 Å². The third-order valence-corrected chi connectivity index (χ3v) is 7.06. The van der Waals surface area contributed by atoms with Gasteiger partial charge in [-0.05, 0) is 25.5 Å². The van der Waals surface area contributed by atoms with Gasteiger partial charge in [0.05, 0.1) is 24.1 Å². The summed E-state index contributed by atoms with van der Waals surface area (Å²) in [5.74, 6) is 1.12. The number of fused-ring (bicyclic) bond motifs is 1. The Labute approximate surface area is 198 Å². The molecule has 9 nitrogen and oxygen atoms in total. The summed E-state index contributed by atoms with van der Waals surface area (Å²) < 4.78 is 17.1. The number of aromatic nitrogens is 2. The highest BCUT2D eigenvalue weighted by molar-refractivity contribution is 8.38. The van der Waals surface area contributed by atoms with Gasteiger partial charge >= 0.3 is 11.9 Å². The van der Waals surface area contributed by atoms with Crippen LogP contribution in [0.5, 0.6) is 0 Å². The van der Waals surface area contributed by atoms with Gasteiger partial charge in [0.25, 0.3) is 0 Å².